The molecule has 1 aromatic carbocycles. The topological polar surface area (TPSA) is 66.6 Å². The van der Waals surface area contributed by atoms with E-state index >= 15 is 0 Å². The Hall–Kier alpha value is -3.08. The molecule has 0 fully saturated rings. The van der Waals surface area contributed by atoms with E-state index in [1.807, 2.05) is 36.7 Å². The molecule has 0 saturated carbocycles. The van der Waals surface area contributed by atoms with E-state index in [2.05, 4.69) is 26.0 Å². The van der Waals surface area contributed by atoms with E-state index in [0.29, 0.717) is 0 Å². The van der Waals surface area contributed by atoms with Crippen LogP contribution in [-0.2, 0) is 0 Å². The number of nitrogens with zero attached hydrogens (tertiary/aromatic N) is 2. The van der Waals surface area contributed by atoms with Crippen molar-refractivity contribution in [1.29, 1.82) is 0 Å². The number of aromatic amines is 2. The predicted octanol–water partition coefficient (Wildman–Crippen LogP) is 3.63. The van der Waals surface area contributed by atoms with E-state index in [0.717, 1.165) is 39.2 Å². The molecule has 22 heavy (non-hydrogen) atoms. The highest BCUT2D eigenvalue weighted by atomic mass is 16.5. The number of imidazole rings is 1. The molecule has 4 rings (SSSR count). The van der Waals surface area contributed by atoms with Crippen LogP contribution >= 0.6 is 0 Å². The summed E-state index contributed by atoms with van der Waals surface area (Å²) >= 11 is 0. The Balaban J connectivity index is 1.93. The van der Waals surface area contributed by atoms with Crippen molar-refractivity contribution in [3.63, 3.8) is 0 Å². The van der Waals surface area contributed by atoms with Gasteiger partial charge in [0.25, 0.3) is 0 Å². The standard InChI is InChI=1S/C17H14N4O/c1-22-16-5-3-2-4-12(16)14-8-20-17-13(14)6-11(7-19-17)15-9-18-10-21-15/h2-10H,1H3,(H,18,21)(H,19,20). The number of rotatable bonds is 3. The number of benzene rings is 1. The Labute approximate surface area is 127 Å². The predicted molar refractivity (Wildman–Crippen MR) is 85.7 cm³/mol. The molecule has 5 nitrogen and oxygen atoms in total. The lowest BCUT2D eigenvalue weighted by molar-refractivity contribution is 0.416. The highest BCUT2D eigenvalue weighted by molar-refractivity contribution is 5.97. The third kappa shape index (κ3) is 1.95. The van der Waals surface area contributed by atoms with Crippen molar-refractivity contribution in [2.75, 3.05) is 7.11 Å². The van der Waals surface area contributed by atoms with Gasteiger partial charge in [-0.15, -0.1) is 0 Å². The molecular formula is C17H14N4O. The van der Waals surface area contributed by atoms with Gasteiger partial charge in [0.1, 0.15) is 11.4 Å². The maximum atomic E-state index is 5.47. The van der Waals surface area contributed by atoms with Crippen LogP contribution in [0, 0.1) is 0 Å². The molecule has 2 N–H and O–H groups in total. The van der Waals surface area contributed by atoms with Crippen LogP contribution in [0.1, 0.15) is 0 Å². The smallest absolute Gasteiger partial charge is 0.137 e. The number of pyridine rings is 1. The summed E-state index contributed by atoms with van der Waals surface area (Å²) in [4.78, 5) is 14.9. The van der Waals surface area contributed by atoms with Crippen LogP contribution in [0.15, 0.2) is 55.2 Å². The van der Waals surface area contributed by atoms with Crippen LogP contribution < -0.4 is 4.74 Å². The van der Waals surface area contributed by atoms with Crippen LogP contribution in [0.2, 0.25) is 0 Å². The third-order valence-electron chi connectivity index (χ3n) is 3.74. The molecule has 3 aromatic heterocycles. The maximum Gasteiger partial charge on any atom is 0.137 e. The third-order valence-corrected chi connectivity index (χ3v) is 3.74. The molecule has 0 radical (unpaired) electrons. The van der Waals surface area contributed by atoms with Crippen LogP contribution in [0.25, 0.3) is 33.4 Å². The Morgan fingerprint density at radius 3 is 2.77 bits per heavy atom. The summed E-state index contributed by atoms with van der Waals surface area (Å²) < 4.78 is 5.47. The molecule has 0 unspecified atom stereocenters. The first kappa shape index (κ1) is 12.6. The van der Waals surface area contributed by atoms with Gasteiger partial charge in [0.2, 0.25) is 0 Å². The molecular weight excluding hydrogens is 276 g/mol. The van der Waals surface area contributed by atoms with Gasteiger partial charge in [0.15, 0.2) is 0 Å². The Morgan fingerprint density at radius 2 is 1.95 bits per heavy atom. The molecule has 0 bridgehead atoms. The van der Waals surface area contributed by atoms with Crippen molar-refractivity contribution >= 4 is 11.0 Å². The maximum absolute atomic E-state index is 5.47. The van der Waals surface area contributed by atoms with E-state index < -0.39 is 0 Å². The number of hydrogen-bond acceptors (Lipinski definition) is 3. The second-order valence-electron chi connectivity index (χ2n) is 4.99. The largest absolute Gasteiger partial charge is 0.496 e. The van der Waals surface area contributed by atoms with Crippen molar-refractivity contribution < 1.29 is 4.74 Å². The van der Waals surface area contributed by atoms with E-state index in [1.165, 1.54) is 0 Å². The molecule has 3 heterocycles. The quantitative estimate of drug-likeness (QED) is 0.605. The lowest BCUT2D eigenvalue weighted by atomic mass is 10.0. The lowest BCUT2D eigenvalue weighted by Gasteiger charge is -2.07. The molecule has 4 aromatic rings. The highest BCUT2D eigenvalue weighted by Crippen LogP contribution is 2.35. The van der Waals surface area contributed by atoms with Crippen LogP contribution in [0.4, 0.5) is 0 Å². The van der Waals surface area contributed by atoms with Crippen molar-refractivity contribution in [2.45, 2.75) is 0 Å². The number of ether oxygens (including phenoxy) is 1. The molecule has 0 spiro atoms. The fourth-order valence-corrected chi connectivity index (χ4v) is 2.65. The first-order chi connectivity index (χ1) is 10.9. The summed E-state index contributed by atoms with van der Waals surface area (Å²) in [6.07, 6.45) is 7.25. The molecule has 0 aliphatic heterocycles. The summed E-state index contributed by atoms with van der Waals surface area (Å²) in [5, 5.41) is 1.05. The monoisotopic (exact) mass is 290 g/mol. The van der Waals surface area contributed by atoms with Crippen LogP contribution in [0.3, 0.4) is 0 Å². The van der Waals surface area contributed by atoms with E-state index in [-0.39, 0.29) is 0 Å². The van der Waals surface area contributed by atoms with Crippen molar-refractivity contribution in [1.82, 2.24) is 19.9 Å². The summed E-state index contributed by atoms with van der Waals surface area (Å²) in [5.41, 5.74) is 4.91. The van der Waals surface area contributed by atoms with E-state index in [1.54, 1.807) is 19.6 Å². The van der Waals surface area contributed by atoms with Gasteiger partial charge in [0.05, 0.1) is 25.3 Å². The fraction of sp³-hybridized carbons (Fsp3) is 0.0588. The Kier molecular flexibility index (Phi) is 2.89. The van der Waals surface area contributed by atoms with Crippen molar-refractivity contribution in [3.05, 3.63) is 55.2 Å². The first-order valence-electron chi connectivity index (χ1n) is 6.96. The van der Waals surface area contributed by atoms with Crippen LogP contribution in [0.5, 0.6) is 5.75 Å². The second kappa shape index (κ2) is 5.04. The van der Waals surface area contributed by atoms with Crippen LogP contribution in [-0.4, -0.2) is 27.0 Å². The zero-order valence-electron chi connectivity index (χ0n) is 12.0. The average Bonchev–Trinajstić information content (AvgIpc) is 3.23. The van der Waals surface area contributed by atoms with Gasteiger partial charge in [-0.05, 0) is 12.1 Å². The first-order valence-corrected chi connectivity index (χ1v) is 6.96. The minimum atomic E-state index is 0.843. The fourth-order valence-electron chi connectivity index (χ4n) is 2.65. The molecule has 5 heteroatoms. The van der Waals surface area contributed by atoms with Gasteiger partial charge in [-0.25, -0.2) is 9.97 Å². The molecule has 0 amide bonds. The zero-order valence-corrected chi connectivity index (χ0v) is 12.0. The SMILES string of the molecule is COc1ccccc1-c1c[nH]c2ncc(-c3cnc[nH]3)cc12. The van der Waals surface area contributed by atoms with Gasteiger partial charge >= 0.3 is 0 Å². The zero-order chi connectivity index (χ0) is 14.9. The van der Waals surface area contributed by atoms with Gasteiger partial charge < -0.3 is 14.7 Å². The molecule has 0 atom stereocenters. The number of para-hydroxylation sites is 1. The highest BCUT2D eigenvalue weighted by Gasteiger charge is 2.12. The minimum Gasteiger partial charge on any atom is -0.496 e. The van der Waals surface area contributed by atoms with E-state index in [4.69, 9.17) is 4.74 Å². The molecule has 0 aliphatic carbocycles. The summed E-state index contributed by atoms with van der Waals surface area (Å²) in [7, 11) is 1.68. The molecule has 108 valence electrons. The Bertz CT molecular complexity index is 925. The molecule has 0 saturated heterocycles. The number of aromatic nitrogens is 4. The number of fused-ring (bicyclic) bond motifs is 1. The average molecular weight is 290 g/mol. The van der Waals surface area contributed by atoms with Crippen molar-refractivity contribution in [2.24, 2.45) is 0 Å². The summed E-state index contributed by atoms with van der Waals surface area (Å²) in [5.74, 6) is 0.843. The second-order valence-corrected chi connectivity index (χ2v) is 4.99. The lowest BCUT2D eigenvalue weighted by Crippen LogP contribution is -1.87. The van der Waals surface area contributed by atoms with Gasteiger partial charge in [-0.2, -0.15) is 0 Å². The normalized spacial score (nSPS) is 11.0. The minimum absolute atomic E-state index is 0.843. The van der Waals surface area contributed by atoms with Gasteiger partial charge in [0, 0.05) is 34.5 Å². The van der Waals surface area contributed by atoms with E-state index in [9.17, 15) is 0 Å². The number of hydrogen-bond donors (Lipinski definition) is 2. The summed E-state index contributed by atoms with van der Waals surface area (Å²) in [6.45, 7) is 0. The Morgan fingerprint density at radius 1 is 1.05 bits per heavy atom. The van der Waals surface area contributed by atoms with Gasteiger partial charge in [-0.1, -0.05) is 18.2 Å². The number of nitrogens with one attached hydrogen (secondary N) is 2. The number of H-pyrrole nitrogens is 2. The number of methoxy groups -OCH3 is 1. The van der Waals surface area contributed by atoms with Gasteiger partial charge in [-0.3, -0.25) is 0 Å². The summed E-state index contributed by atoms with van der Waals surface area (Å²) in [6, 6.07) is 10.1. The molecule has 0 aliphatic rings. The van der Waals surface area contributed by atoms with Crippen molar-refractivity contribution in [3.8, 4) is 28.1 Å².